The molecular weight excluding hydrogens is 394 g/mol. The van der Waals surface area contributed by atoms with Gasteiger partial charge < -0.3 is 10.6 Å². The van der Waals surface area contributed by atoms with Gasteiger partial charge in [0.05, 0.1) is 4.92 Å². The topological polar surface area (TPSA) is 117 Å². The first-order valence-corrected chi connectivity index (χ1v) is 9.24. The minimum absolute atomic E-state index is 0.0855. The van der Waals surface area contributed by atoms with E-state index in [1.807, 2.05) is 31.2 Å². The van der Waals surface area contributed by atoms with Crippen molar-refractivity contribution in [2.45, 2.75) is 25.8 Å². The lowest BCUT2D eigenvalue weighted by Gasteiger charge is -2.22. The number of benzene rings is 2. The van der Waals surface area contributed by atoms with Crippen molar-refractivity contribution in [3.05, 3.63) is 69.8 Å². The summed E-state index contributed by atoms with van der Waals surface area (Å²) in [5.41, 5.74) is 3.36. The number of thiocarbonyl (C=S) groups is 1. The van der Waals surface area contributed by atoms with Gasteiger partial charge in [-0.2, -0.15) is 5.01 Å². The number of carbonyl (C=O) groups excluding carboxylic acids is 2. The number of hydrogen-bond donors (Lipinski definition) is 3. The van der Waals surface area contributed by atoms with Crippen LogP contribution in [0.5, 0.6) is 0 Å². The summed E-state index contributed by atoms with van der Waals surface area (Å²) in [5.74, 6) is -0.579. The van der Waals surface area contributed by atoms with E-state index in [1.165, 1.54) is 31.2 Å². The maximum atomic E-state index is 12.9. The average molecular weight is 413 g/mol. The van der Waals surface area contributed by atoms with Crippen molar-refractivity contribution in [2.75, 3.05) is 5.32 Å². The lowest BCUT2D eigenvalue weighted by molar-refractivity contribution is -0.384. The third-order valence-corrected chi connectivity index (χ3v) is 4.90. The number of para-hydroxylation sites is 1. The van der Waals surface area contributed by atoms with Crippen molar-refractivity contribution in [3.63, 3.8) is 0 Å². The Bertz CT molecular complexity index is 994. The molecular formula is C19H19N5O4S. The second kappa shape index (κ2) is 7.84. The lowest BCUT2D eigenvalue weighted by atomic mass is 9.92. The van der Waals surface area contributed by atoms with Crippen molar-refractivity contribution in [3.8, 4) is 0 Å². The number of rotatable bonds is 5. The van der Waals surface area contributed by atoms with Gasteiger partial charge in [0.15, 0.2) is 5.11 Å². The molecule has 3 amide bonds. The predicted molar refractivity (Wildman–Crippen MR) is 111 cm³/mol. The van der Waals surface area contributed by atoms with E-state index >= 15 is 0 Å². The molecule has 10 heteroatoms. The predicted octanol–water partition coefficient (Wildman–Crippen LogP) is 2.83. The molecule has 1 aliphatic rings. The summed E-state index contributed by atoms with van der Waals surface area (Å²) in [6.45, 7) is 3.53. The number of urea groups is 1. The molecule has 1 atom stereocenters. The summed E-state index contributed by atoms with van der Waals surface area (Å²) in [6, 6.07) is 12.3. The van der Waals surface area contributed by atoms with Gasteiger partial charge >= 0.3 is 6.03 Å². The van der Waals surface area contributed by atoms with Gasteiger partial charge in [-0.05, 0) is 54.9 Å². The van der Waals surface area contributed by atoms with Crippen LogP contribution in [0.4, 0.5) is 16.2 Å². The molecule has 0 bridgehead atoms. The highest BCUT2D eigenvalue weighted by Crippen LogP contribution is 2.29. The molecule has 3 rings (SSSR count). The fourth-order valence-electron chi connectivity index (χ4n) is 3.06. The largest absolute Gasteiger partial charge is 0.344 e. The Labute approximate surface area is 172 Å². The van der Waals surface area contributed by atoms with E-state index in [1.54, 1.807) is 0 Å². The molecule has 0 aromatic heterocycles. The minimum Gasteiger partial charge on any atom is -0.331 e. The van der Waals surface area contributed by atoms with Crippen LogP contribution < -0.4 is 16.1 Å². The third-order valence-electron chi connectivity index (χ3n) is 4.71. The first-order valence-electron chi connectivity index (χ1n) is 8.83. The van der Waals surface area contributed by atoms with Gasteiger partial charge in [0, 0.05) is 17.8 Å². The second-order valence-electron chi connectivity index (χ2n) is 6.58. The first-order chi connectivity index (χ1) is 13.8. The molecule has 0 spiro atoms. The number of nitrogens with one attached hydrogen (secondary N) is 3. The van der Waals surface area contributed by atoms with Gasteiger partial charge in [-0.25, -0.2) is 4.79 Å². The fourth-order valence-corrected chi connectivity index (χ4v) is 3.26. The fraction of sp³-hybridized carbons (Fsp3) is 0.211. The summed E-state index contributed by atoms with van der Waals surface area (Å²) in [4.78, 5) is 35.6. The second-order valence-corrected chi connectivity index (χ2v) is 6.98. The van der Waals surface area contributed by atoms with E-state index in [9.17, 15) is 19.7 Å². The normalized spacial score (nSPS) is 18.3. The van der Waals surface area contributed by atoms with Crippen molar-refractivity contribution < 1.29 is 14.5 Å². The maximum absolute atomic E-state index is 12.9. The van der Waals surface area contributed by atoms with Crippen LogP contribution >= 0.6 is 12.2 Å². The van der Waals surface area contributed by atoms with Gasteiger partial charge in [0.25, 0.3) is 11.6 Å². The summed E-state index contributed by atoms with van der Waals surface area (Å²) in [5, 5.41) is 17.3. The van der Waals surface area contributed by atoms with E-state index in [2.05, 4.69) is 16.1 Å². The Balaban J connectivity index is 1.76. The number of carbonyl (C=O) groups is 2. The summed E-state index contributed by atoms with van der Waals surface area (Å²) in [7, 11) is 0. The highest BCUT2D eigenvalue weighted by molar-refractivity contribution is 7.80. The minimum atomic E-state index is -1.38. The zero-order chi connectivity index (χ0) is 21.2. The van der Waals surface area contributed by atoms with Crippen molar-refractivity contribution in [1.82, 2.24) is 15.8 Å². The molecule has 150 valence electrons. The Morgan fingerprint density at radius 1 is 1.21 bits per heavy atom. The Kier molecular flexibility index (Phi) is 5.46. The number of nitro benzene ring substituents is 1. The van der Waals surface area contributed by atoms with Gasteiger partial charge in [-0.3, -0.25) is 20.3 Å². The Morgan fingerprint density at radius 2 is 1.86 bits per heavy atom. The van der Waals surface area contributed by atoms with Crippen LogP contribution in [0, 0.1) is 10.1 Å². The first kappa shape index (κ1) is 20.2. The Hall–Kier alpha value is -3.53. The Morgan fingerprint density at radius 3 is 2.48 bits per heavy atom. The average Bonchev–Trinajstić information content (AvgIpc) is 2.92. The number of anilines is 1. The van der Waals surface area contributed by atoms with Gasteiger partial charge in [-0.15, -0.1) is 0 Å². The number of imide groups is 1. The van der Waals surface area contributed by atoms with Crippen LogP contribution in [0.2, 0.25) is 0 Å². The number of hydrazine groups is 1. The zero-order valence-corrected chi connectivity index (χ0v) is 16.6. The van der Waals surface area contributed by atoms with Crippen molar-refractivity contribution >= 4 is 40.6 Å². The number of non-ortho nitro benzene ring substituents is 1. The maximum Gasteiger partial charge on any atom is 0.344 e. The van der Waals surface area contributed by atoms with E-state index < -0.39 is 22.4 Å². The van der Waals surface area contributed by atoms with Gasteiger partial charge in [0.2, 0.25) is 0 Å². The van der Waals surface area contributed by atoms with E-state index in [0.29, 0.717) is 5.56 Å². The molecule has 0 saturated carbocycles. The lowest BCUT2D eigenvalue weighted by Crippen LogP contribution is -2.49. The van der Waals surface area contributed by atoms with Gasteiger partial charge in [0.1, 0.15) is 5.54 Å². The van der Waals surface area contributed by atoms with Crippen LogP contribution in [0.25, 0.3) is 0 Å². The zero-order valence-electron chi connectivity index (χ0n) is 15.8. The van der Waals surface area contributed by atoms with Crippen LogP contribution in [-0.4, -0.2) is 27.0 Å². The molecule has 2 aromatic carbocycles. The molecule has 3 N–H and O–H groups in total. The highest BCUT2D eigenvalue weighted by Gasteiger charge is 2.49. The van der Waals surface area contributed by atoms with E-state index in [4.69, 9.17) is 12.2 Å². The molecule has 1 heterocycles. The van der Waals surface area contributed by atoms with Crippen LogP contribution in [0.1, 0.15) is 25.0 Å². The number of hydrogen-bond acceptors (Lipinski definition) is 5. The van der Waals surface area contributed by atoms with Crippen molar-refractivity contribution in [1.29, 1.82) is 0 Å². The molecule has 1 aliphatic heterocycles. The van der Waals surface area contributed by atoms with Crippen LogP contribution in [0.15, 0.2) is 48.5 Å². The SMILES string of the molecule is CCc1ccccc1NC(=S)NN1C(=O)N[C@@](C)(c2ccc([N+](=O)[O-])cc2)C1=O. The molecule has 0 unspecified atom stereocenters. The van der Waals surface area contributed by atoms with E-state index in [-0.39, 0.29) is 10.8 Å². The summed E-state index contributed by atoms with van der Waals surface area (Å²) < 4.78 is 0. The number of nitro groups is 1. The number of aryl methyl sites for hydroxylation is 1. The highest BCUT2D eigenvalue weighted by atomic mass is 32.1. The molecule has 1 saturated heterocycles. The molecule has 29 heavy (non-hydrogen) atoms. The quantitative estimate of drug-likeness (QED) is 0.299. The van der Waals surface area contributed by atoms with Crippen molar-refractivity contribution in [2.24, 2.45) is 0 Å². The number of nitrogens with zero attached hydrogens (tertiary/aromatic N) is 2. The van der Waals surface area contributed by atoms with E-state index in [0.717, 1.165) is 22.7 Å². The summed E-state index contributed by atoms with van der Waals surface area (Å²) >= 11 is 5.25. The summed E-state index contributed by atoms with van der Waals surface area (Å²) in [6.07, 6.45) is 0.785. The number of amides is 3. The molecule has 9 nitrogen and oxygen atoms in total. The smallest absolute Gasteiger partial charge is 0.331 e. The molecule has 2 aromatic rings. The molecule has 1 fully saturated rings. The third kappa shape index (κ3) is 3.87. The van der Waals surface area contributed by atoms with Crippen LogP contribution in [-0.2, 0) is 16.8 Å². The molecule has 0 aliphatic carbocycles. The molecule has 0 radical (unpaired) electrons. The standard InChI is InChI=1S/C19H19N5O4S/c1-3-12-6-4-5-7-15(12)20-17(29)22-23-16(25)19(2,21-18(23)26)13-8-10-14(11-9-13)24(27)28/h4-11H,3H2,1-2H3,(H,21,26)(H2,20,22,29)/t19-/m0/s1. The monoisotopic (exact) mass is 413 g/mol. The van der Waals surface area contributed by atoms with Crippen LogP contribution in [0.3, 0.4) is 0 Å². The van der Waals surface area contributed by atoms with Gasteiger partial charge in [-0.1, -0.05) is 25.1 Å².